The molecule has 1 aromatic heterocycles. The van der Waals surface area contributed by atoms with Crippen molar-refractivity contribution < 1.29 is 14.6 Å². The van der Waals surface area contributed by atoms with Crippen molar-refractivity contribution in [1.82, 2.24) is 9.55 Å². The predicted molar refractivity (Wildman–Crippen MR) is 140 cm³/mol. The summed E-state index contributed by atoms with van der Waals surface area (Å²) >= 11 is 0. The molecule has 0 aliphatic carbocycles. The van der Waals surface area contributed by atoms with E-state index in [0.717, 1.165) is 39.8 Å². The second-order valence-electron chi connectivity index (χ2n) is 8.86. The highest BCUT2D eigenvalue weighted by atomic mass is 16.5. The van der Waals surface area contributed by atoms with Crippen LogP contribution in [0.5, 0.6) is 0 Å². The van der Waals surface area contributed by atoms with Gasteiger partial charge in [0.25, 0.3) is 0 Å². The zero-order valence-electron chi connectivity index (χ0n) is 20.8. The van der Waals surface area contributed by atoms with E-state index >= 15 is 0 Å². The Morgan fingerprint density at radius 3 is 2.49 bits per heavy atom. The van der Waals surface area contributed by atoms with Gasteiger partial charge in [-0.1, -0.05) is 67.6 Å². The van der Waals surface area contributed by atoms with Gasteiger partial charge in [-0.2, -0.15) is 0 Å². The number of aliphatic hydroxyl groups is 1. The van der Waals surface area contributed by atoms with Crippen LogP contribution in [-0.4, -0.2) is 40.3 Å². The minimum atomic E-state index is -0.953. The molecule has 4 aromatic rings. The van der Waals surface area contributed by atoms with Gasteiger partial charge in [0.15, 0.2) is 0 Å². The highest BCUT2D eigenvalue weighted by Crippen LogP contribution is 2.30. The van der Waals surface area contributed by atoms with Crippen LogP contribution in [0.15, 0.2) is 72.8 Å². The van der Waals surface area contributed by atoms with Crippen molar-refractivity contribution >= 4 is 22.6 Å². The third-order valence-electron chi connectivity index (χ3n) is 6.40. The number of hydrogen-bond donors (Lipinski definition) is 1. The van der Waals surface area contributed by atoms with E-state index in [4.69, 9.17) is 9.72 Å². The Kier molecular flexibility index (Phi) is 7.63. The van der Waals surface area contributed by atoms with Crippen LogP contribution >= 0.6 is 0 Å². The van der Waals surface area contributed by atoms with Gasteiger partial charge in [0.2, 0.25) is 5.91 Å². The molecule has 0 saturated carbocycles. The van der Waals surface area contributed by atoms with Crippen molar-refractivity contribution in [3.8, 4) is 0 Å². The topological polar surface area (TPSA) is 67.6 Å². The van der Waals surface area contributed by atoms with Crippen LogP contribution in [0.1, 0.15) is 42.5 Å². The fourth-order valence-electron chi connectivity index (χ4n) is 4.72. The van der Waals surface area contributed by atoms with Crippen molar-refractivity contribution in [2.45, 2.75) is 45.9 Å². The monoisotopic (exact) mass is 471 g/mol. The van der Waals surface area contributed by atoms with E-state index in [1.165, 1.54) is 0 Å². The van der Waals surface area contributed by atoms with Crippen LogP contribution in [0.4, 0.5) is 5.69 Å². The van der Waals surface area contributed by atoms with E-state index in [9.17, 15) is 9.90 Å². The van der Waals surface area contributed by atoms with Gasteiger partial charge in [-0.25, -0.2) is 4.98 Å². The average molecular weight is 472 g/mol. The molecule has 3 aromatic carbocycles. The molecule has 0 aliphatic heterocycles. The number of rotatable bonds is 9. The van der Waals surface area contributed by atoms with Gasteiger partial charge in [-0.05, 0) is 49.1 Å². The average Bonchev–Trinajstić information content (AvgIpc) is 3.23. The Bertz CT molecular complexity index is 1300. The minimum Gasteiger partial charge on any atom is -0.383 e. The highest BCUT2D eigenvalue weighted by molar-refractivity contribution is 5.96. The fraction of sp³-hybridized carbons (Fsp3) is 0.310. The standard InChI is InChI=1S/C29H33N3O3/c1-5-22-15-11-12-20(2)27(22)32(21(3)19-35-4)26(33)18-31-25-17-10-9-16-24(25)30-29(31)28(34)23-13-7-6-8-14-23/h6-17,21,28,34H,5,18-19H2,1-4H3/t21-,28+/m0/s1. The fourth-order valence-corrected chi connectivity index (χ4v) is 4.72. The molecule has 4 rings (SSSR count). The summed E-state index contributed by atoms with van der Waals surface area (Å²) in [6.45, 7) is 6.59. The molecule has 0 bridgehead atoms. The minimum absolute atomic E-state index is 0.0469. The second-order valence-corrected chi connectivity index (χ2v) is 8.86. The lowest BCUT2D eigenvalue weighted by atomic mass is 10.0. The molecule has 2 atom stereocenters. The first-order valence-corrected chi connectivity index (χ1v) is 12.0. The lowest BCUT2D eigenvalue weighted by Crippen LogP contribution is -2.44. The van der Waals surface area contributed by atoms with Crippen LogP contribution in [-0.2, 0) is 22.5 Å². The number of ether oxygens (including phenoxy) is 1. The number of aliphatic hydroxyl groups excluding tert-OH is 1. The van der Waals surface area contributed by atoms with E-state index in [2.05, 4.69) is 13.0 Å². The van der Waals surface area contributed by atoms with Crippen LogP contribution in [0, 0.1) is 6.92 Å². The van der Waals surface area contributed by atoms with Crippen molar-refractivity contribution in [3.05, 3.63) is 95.3 Å². The van der Waals surface area contributed by atoms with Gasteiger partial charge in [-0.15, -0.1) is 0 Å². The van der Waals surface area contributed by atoms with Crippen LogP contribution in [0.2, 0.25) is 0 Å². The molecule has 6 heteroatoms. The second kappa shape index (κ2) is 10.8. The zero-order chi connectivity index (χ0) is 24.9. The number of benzene rings is 3. The summed E-state index contributed by atoms with van der Waals surface area (Å²) in [5, 5.41) is 11.2. The van der Waals surface area contributed by atoms with Crippen molar-refractivity contribution in [2.24, 2.45) is 0 Å². The van der Waals surface area contributed by atoms with E-state index in [0.29, 0.717) is 12.4 Å². The summed E-state index contributed by atoms with van der Waals surface area (Å²) in [5.74, 6) is 0.369. The number of imidazole rings is 1. The molecule has 0 spiro atoms. The number of aromatic nitrogens is 2. The maximum atomic E-state index is 14.0. The van der Waals surface area contributed by atoms with Gasteiger partial charge >= 0.3 is 0 Å². The molecule has 0 fully saturated rings. The number of para-hydroxylation sites is 3. The van der Waals surface area contributed by atoms with Crippen LogP contribution in [0.3, 0.4) is 0 Å². The number of methoxy groups -OCH3 is 1. The normalized spacial score (nSPS) is 13.1. The number of amides is 1. The quantitative estimate of drug-likeness (QED) is 0.371. The largest absolute Gasteiger partial charge is 0.383 e. The predicted octanol–water partition coefficient (Wildman–Crippen LogP) is 5.06. The Labute approximate surface area is 206 Å². The molecular formula is C29H33N3O3. The first-order chi connectivity index (χ1) is 17.0. The smallest absolute Gasteiger partial charge is 0.247 e. The maximum absolute atomic E-state index is 14.0. The third-order valence-corrected chi connectivity index (χ3v) is 6.40. The molecule has 0 saturated heterocycles. The SMILES string of the molecule is CCc1cccc(C)c1N(C(=O)Cn1c([C@H](O)c2ccccc2)nc2ccccc21)[C@@H](C)COC. The number of carbonyl (C=O) groups is 1. The summed E-state index contributed by atoms with van der Waals surface area (Å²) < 4.78 is 7.28. The summed E-state index contributed by atoms with van der Waals surface area (Å²) in [5.41, 5.74) is 5.37. The van der Waals surface area contributed by atoms with Crippen molar-refractivity contribution in [2.75, 3.05) is 18.6 Å². The molecule has 1 heterocycles. The molecule has 0 unspecified atom stereocenters. The summed E-state index contributed by atoms with van der Waals surface area (Å²) in [6, 6.07) is 23.0. The summed E-state index contributed by atoms with van der Waals surface area (Å²) in [7, 11) is 1.65. The van der Waals surface area contributed by atoms with Gasteiger partial charge in [0.05, 0.1) is 29.4 Å². The number of fused-ring (bicyclic) bond motifs is 1. The van der Waals surface area contributed by atoms with E-state index in [1.54, 1.807) is 7.11 Å². The zero-order valence-corrected chi connectivity index (χ0v) is 20.8. The van der Waals surface area contributed by atoms with Crippen LogP contribution < -0.4 is 4.90 Å². The van der Waals surface area contributed by atoms with Gasteiger partial charge in [0.1, 0.15) is 18.5 Å². The summed E-state index contributed by atoms with van der Waals surface area (Å²) in [6.07, 6.45) is -0.141. The highest BCUT2D eigenvalue weighted by Gasteiger charge is 2.28. The molecule has 1 N–H and O–H groups in total. The first-order valence-electron chi connectivity index (χ1n) is 12.0. The molecule has 1 amide bonds. The van der Waals surface area contributed by atoms with Gasteiger partial charge in [-0.3, -0.25) is 4.79 Å². The number of anilines is 1. The van der Waals surface area contributed by atoms with Crippen LogP contribution in [0.25, 0.3) is 11.0 Å². The van der Waals surface area contributed by atoms with E-state index < -0.39 is 6.10 Å². The molecule has 0 aliphatic rings. The number of aryl methyl sites for hydroxylation is 2. The maximum Gasteiger partial charge on any atom is 0.247 e. The molecule has 35 heavy (non-hydrogen) atoms. The van der Waals surface area contributed by atoms with E-state index in [-0.39, 0.29) is 18.5 Å². The summed E-state index contributed by atoms with van der Waals surface area (Å²) in [4.78, 5) is 20.6. The molecule has 6 nitrogen and oxygen atoms in total. The number of carbonyl (C=O) groups excluding carboxylic acids is 1. The Balaban J connectivity index is 1.80. The number of nitrogens with zero attached hydrogens (tertiary/aromatic N) is 3. The lowest BCUT2D eigenvalue weighted by molar-refractivity contribution is -0.119. The Morgan fingerprint density at radius 2 is 1.77 bits per heavy atom. The van der Waals surface area contributed by atoms with Gasteiger partial charge in [0, 0.05) is 7.11 Å². The Hall–Kier alpha value is -3.48. The number of hydrogen-bond acceptors (Lipinski definition) is 4. The first kappa shape index (κ1) is 24.6. The van der Waals surface area contributed by atoms with Gasteiger partial charge < -0.3 is 19.3 Å². The van der Waals surface area contributed by atoms with Crippen molar-refractivity contribution in [1.29, 1.82) is 0 Å². The third kappa shape index (κ3) is 4.99. The Morgan fingerprint density at radius 1 is 1.06 bits per heavy atom. The molecular weight excluding hydrogens is 438 g/mol. The van der Waals surface area contributed by atoms with E-state index in [1.807, 2.05) is 90.0 Å². The molecule has 182 valence electrons. The molecule has 0 radical (unpaired) electrons. The van der Waals surface area contributed by atoms with Crippen molar-refractivity contribution in [3.63, 3.8) is 0 Å². The lowest BCUT2D eigenvalue weighted by Gasteiger charge is -2.32.